The summed E-state index contributed by atoms with van der Waals surface area (Å²) in [4.78, 5) is 23.2. The number of ether oxygens (including phenoxy) is 1. The van der Waals surface area contributed by atoms with Crippen molar-refractivity contribution in [2.45, 2.75) is 24.3 Å². The molecule has 0 heterocycles. The SMILES string of the molecule is C/C=C/CC(NC(=O)c1ccc(OC)c(S(=O)(=O)NC)c1)C(=O)O. The van der Waals surface area contributed by atoms with Gasteiger partial charge in [0.1, 0.15) is 16.7 Å². The molecule has 24 heavy (non-hydrogen) atoms. The average molecular weight is 356 g/mol. The minimum Gasteiger partial charge on any atom is -0.495 e. The number of hydrogen-bond donors (Lipinski definition) is 3. The number of methoxy groups -OCH3 is 1. The van der Waals surface area contributed by atoms with Gasteiger partial charge in [0.25, 0.3) is 5.91 Å². The maximum Gasteiger partial charge on any atom is 0.326 e. The quantitative estimate of drug-likeness (QED) is 0.591. The van der Waals surface area contributed by atoms with E-state index in [0.717, 1.165) is 6.07 Å². The molecule has 0 saturated heterocycles. The zero-order chi connectivity index (χ0) is 18.3. The summed E-state index contributed by atoms with van der Waals surface area (Å²) in [7, 11) is -1.30. The highest BCUT2D eigenvalue weighted by Gasteiger charge is 2.23. The number of carbonyl (C=O) groups is 2. The zero-order valence-corrected chi connectivity index (χ0v) is 14.4. The molecule has 8 nitrogen and oxygen atoms in total. The van der Waals surface area contributed by atoms with Crippen molar-refractivity contribution in [2.75, 3.05) is 14.2 Å². The summed E-state index contributed by atoms with van der Waals surface area (Å²) in [6, 6.07) is 2.72. The summed E-state index contributed by atoms with van der Waals surface area (Å²) in [5.74, 6) is -1.80. The molecule has 132 valence electrons. The lowest BCUT2D eigenvalue weighted by Gasteiger charge is -2.14. The molecule has 1 unspecified atom stereocenters. The molecule has 0 aliphatic rings. The molecule has 1 aromatic rings. The van der Waals surface area contributed by atoms with E-state index >= 15 is 0 Å². The highest BCUT2D eigenvalue weighted by Crippen LogP contribution is 2.24. The maximum atomic E-state index is 12.2. The largest absolute Gasteiger partial charge is 0.495 e. The van der Waals surface area contributed by atoms with Gasteiger partial charge in [0.15, 0.2) is 0 Å². The molecule has 1 rings (SSSR count). The molecule has 3 N–H and O–H groups in total. The predicted molar refractivity (Wildman–Crippen MR) is 87.6 cm³/mol. The first-order valence-electron chi connectivity index (χ1n) is 7.03. The second-order valence-corrected chi connectivity index (χ2v) is 6.60. The molecule has 0 aliphatic heterocycles. The van der Waals surface area contributed by atoms with E-state index in [1.807, 2.05) is 0 Å². The molecular weight excluding hydrogens is 336 g/mol. The number of carboxylic acid groups (broad SMARTS) is 1. The summed E-state index contributed by atoms with van der Waals surface area (Å²) in [5, 5.41) is 11.5. The van der Waals surface area contributed by atoms with E-state index in [1.165, 1.54) is 26.3 Å². The molecular formula is C15H20N2O6S. The van der Waals surface area contributed by atoms with Crippen LogP contribution in [0.15, 0.2) is 35.2 Å². The molecule has 0 radical (unpaired) electrons. The fraction of sp³-hybridized carbons (Fsp3) is 0.333. The Hall–Kier alpha value is -2.39. The first-order valence-corrected chi connectivity index (χ1v) is 8.51. The van der Waals surface area contributed by atoms with Gasteiger partial charge in [-0.15, -0.1) is 0 Å². The van der Waals surface area contributed by atoms with Crippen molar-refractivity contribution in [1.29, 1.82) is 0 Å². The topological polar surface area (TPSA) is 122 Å². The van der Waals surface area contributed by atoms with Crippen molar-refractivity contribution >= 4 is 21.9 Å². The third-order valence-electron chi connectivity index (χ3n) is 3.19. The van der Waals surface area contributed by atoms with E-state index in [1.54, 1.807) is 19.1 Å². The number of rotatable bonds is 8. The number of sulfonamides is 1. The van der Waals surface area contributed by atoms with Crippen LogP contribution in [0.2, 0.25) is 0 Å². The van der Waals surface area contributed by atoms with Crippen LogP contribution < -0.4 is 14.8 Å². The lowest BCUT2D eigenvalue weighted by molar-refractivity contribution is -0.139. The number of allylic oxidation sites excluding steroid dienone is 1. The van der Waals surface area contributed by atoms with Gasteiger partial charge in [0.2, 0.25) is 10.0 Å². The molecule has 0 bridgehead atoms. The molecule has 0 fully saturated rings. The van der Waals surface area contributed by atoms with Crippen LogP contribution in [-0.2, 0) is 14.8 Å². The van der Waals surface area contributed by atoms with Crippen LogP contribution in [0.1, 0.15) is 23.7 Å². The second kappa shape index (κ2) is 8.46. The summed E-state index contributed by atoms with van der Waals surface area (Å²) >= 11 is 0. The van der Waals surface area contributed by atoms with Gasteiger partial charge in [0, 0.05) is 5.56 Å². The molecule has 0 saturated carbocycles. The highest BCUT2D eigenvalue weighted by atomic mass is 32.2. The van der Waals surface area contributed by atoms with Gasteiger partial charge in [-0.3, -0.25) is 4.79 Å². The number of carboxylic acids is 1. The standard InChI is InChI=1S/C15H20N2O6S/c1-4-5-6-11(15(19)20)17-14(18)10-7-8-12(23-3)13(9-10)24(21,22)16-2/h4-5,7-9,11,16H,6H2,1-3H3,(H,17,18)(H,19,20)/b5-4+. The Kier molecular flexibility index (Phi) is 6.93. The fourth-order valence-corrected chi connectivity index (χ4v) is 2.79. The van der Waals surface area contributed by atoms with Crippen molar-refractivity contribution in [1.82, 2.24) is 10.0 Å². The van der Waals surface area contributed by atoms with Gasteiger partial charge in [-0.25, -0.2) is 17.9 Å². The minimum atomic E-state index is -3.84. The van der Waals surface area contributed by atoms with E-state index in [0.29, 0.717) is 0 Å². The molecule has 0 aliphatic carbocycles. The Morgan fingerprint density at radius 1 is 1.38 bits per heavy atom. The van der Waals surface area contributed by atoms with E-state index in [9.17, 15) is 18.0 Å². The predicted octanol–water partition coefficient (Wildman–Crippen LogP) is 0.752. The Morgan fingerprint density at radius 2 is 2.04 bits per heavy atom. The van der Waals surface area contributed by atoms with Gasteiger partial charge >= 0.3 is 5.97 Å². The van der Waals surface area contributed by atoms with Crippen molar-refractivity contribution in [3.05, 3.63) is 35.9 Å². The van der Waals surface area contributed by atoms with Crippen LogP contribution in [0.5, 0.6) is 5.75 Å². The third kappa shape index (κ3) is 4.80. The third-order valence-corrected chi connectivity index (χ3v) is 4.63. The normalized spacial score (nSPS) is 12.8. The van der Waals surface area contributed by atoms with Gasteiger partial charge in [-0.2, -0.15) is 0 Å². The Bertz CT molecular complexity index is 742. The Labute approximate surface area is 140 Å². The Morgan fingerprint density at radius 3 is 2.54 bits per heavy atom. The van der Waals surface area contributed by atoms with Crippen molar-refractivity contribution in [3.8, 4) is 5.75 Å². The van der Waals surface area contributed by atoms with Gasteiger partial charge in [-0.05, 0) is 38.6 Å². The Balaban J connectivity index is 3.15. The van der Waals surface area contributed by atoms with Crippen LogP contribution in [-0.4, -0.2) is 45.6 Å². The summed E-state index contributed by atoms with van der Waals surface area (Å²) in [6.07, 6.45) is 3.41. The van der Waals surface area contributed by atoms with E-state index in [4.69, 9.17) is 9.84 Å². The number of amides is 1. The number of nitrogens with one attached hydrogen (secondary N) is 2. The molecule has 9 heteroatoms. The lowest BCUT2D eigenvalue weighted by atomic mass is 10.1. The fourth-order valence-electron chi connectivity index (χ4n) is 1.87. The molecule has 0 spiro atoms. The maximum absolute atomic E-state index is 12.2. The number of aliphatic carboxylic acids is 1. The molecule has 1 aromatic carbocycles. The molecule has 1 amide bonds. The van der Waals surface area contributed by atoms with E-state index < -0.39 is 27.9 Å². The minimum absolute atomic E-state index is 0.0105. The molecule has 1 atom stereocenters. The van der Waals surface area contributed by atoms with Crippen LogP contribution >= 0.6 is 0 Å². The number of benzene rings is 1. The van der Waals surface area contributed by atoms with Crippen LogP contribution in [0, 0.1) is 0 Å². The monoisotopic (exact) mass is 356 g/mol. The number of carbonyl (C=O) groups excluding carboxylic acids is 1. The van der Waals surface area contributed by atoms with Gasteiger partial charge < -0.3 is 15.2 Å². The molecule has 0 aromatic heterocycles. The van der Waals surface area contributed by atoms with Crippen molar-refractivity contribution in [3.63, 3.8) is 0 Å². The first-order chi connectivity index (χ1) is 11.3. The van der Waals surface area contributed by atoms with E-state index in [2.05, 4.69) is 10.0 Å². The summed E-state index contributed by atoms with van der Waals surface area (Å²) in [5.41, 5.74) is 0.0105. The van der Waals surface area contributed by atoms with Gasteiger partial charge in [-0.1, -0.05) is 12.2 Å². The van der Waals surface area contributed by atoms with Crippen molar-refractivity contribution < 1.29 is 27.9 Å². The highest BCUT2D eigenvalue weighted by molar-refractivity contribution is 7.89. The summed E-state index contributed by atoms with van der Waals surface area (Å²) < 4.78 is 31.1. The van der Waals surface area contributed by atoms with Crippen molar-refractivity contribution in [2.24, 2.45) is 0 Å². The van der Waals surface area contributed by atoms with E-state index in [-0.39, 0.29) is 22.6 Å². The average Bonchev–Trinajstić information content (AvgIpc) is 2.57. The number of hydrogen-bond acceptors (Lipinski definition) is 5. The zero-order valence-electron chi connectivity index (χ0n) is 13.6. The second-order valence-electron chi connectivity index (χ2n) is 4.74. The van der Waals surface area contributed by atoms with Crippen LogP contribution in [0.3, 0.4) is 0 Å². The van der Waals surface area contributed by atoms with Crippen LogP contribution in [0.4, 0.5) is 0 Å². The van der Waals surface area contributed by atoms with Crippen LogP contribution in [0.25, 0.3) is 0 Å². The summed E-state index contributed by atoms with van der Waals surface area (Å²) in [6.45, 7) is 1.74. The lowest BCUT2D eigenvalue weighted by Crippen LogP contribution is -2.40. The first kappa shape index (κ1) is 19.7. The smallest absolute Gasteiger partial charge is 0.326 e. The van der Waals surface area contributed by atoms with Gasteiger partial charge in [0.05, 0.1) is 7.11 Å².